The number of benzene rings is 1. The summed E-state index contributed by atoms with van der Waals surface area (Å²) in [6, 6.07) is 9.93. The van der Waals surface area contributed by atoms with E-state index in [1.807, 2.05) is 12.4 Å². The van der Waals surface area contributed by atoms with Crippen LogP contribution >= 0.6 is 0 Å². The fraction of sp³-hybridized carbons (Fsp3) is 0.618. The fourth-order valence-corrected chi connectivity index (χ4v) is 10.5. The van der Waals surface area contributed by atoms with E-state index >= 15 is 0 Å². The lowest BCUT2D eigenvalue weighted by Crippen LogP contribution is -2.55. The van der Waals surface area contributed by atoms with Gasteiger partial charge in [0.1, 0.15) is 0 Å². The van der Waals surface area contributed by atoms with E-state index in [4.69, 9.17) is 9.47 Å². The Labute approximate surface area is 226 Å². The molecule has 198 valence electrons. The summed E-state index contributed by atoms with van der Waals surface area (Å²) in [5, 5.41) is 2.56. The van der Waals surface area contributed by atoms with Crippen LogP contribution in [0, 0.1) is 16.7 Å². The highest BCUT2D eigenvalue weighted by Crippen LogP contribution is 2.69. The number of nitrogens with zero attached hydrogens (tertiary/aromatic N) is 2. The summed E-state index contributed by atoms with van der Waals surface area (Å²) in [4.78, 5) is 7.22. The van der Waals surface area contributed by atoms with E-state index in [1.54, 1.807) is 5.57 Å². The Bertz CT molecular complexity index is 1390. The van der Waals surface area contributed by atoms with Gasteiger partial charge in [0.05, 0.1) is 24.4 Å². The molecule has 2 aromatic rings. The summed E-state index contributed by atoms with van der Waals surface area (Å²) >= 11 is 0. The molecular formula is C34H40N2O2. The highest BCUT2D eigenvalue weighted by Gasteiger charge is 2.67. The van der Waals surface area contributed by atoms with Crippen LogP contribution in [0.25, 0.3) is 10.8 Å². The fourth-order valence-electron chi connectivity index (χ4n) is 10.5. The molecule has 4 nitrogen and oxygen atoms in total. The van der Waals surface area contributed by atoms with Crippen LogP contribution in [0.3, 0.4) is 0 Å². The third-order valence-corrected chi connectivity index (χ3v) is 12.5. The van der Waals surface area contributed by atoms with Gasteiger partial charge in [-0.25, -0.2) is 0 Å². The number of pyridine rings is 1. The summed E-state index contributed by atoms with van der Waals surface area (Å²) in [5.74, 6) is 1.18. The molecule has 0 N–H and O–H groups in total. The molecule has 0 amide bonds. The summed E-state index contributed by atoms with van der Waals surface area (Å²) < 4.78 is 13.2. The van der Waals surface area contributed by atoms with Crippen molar-refractivity contribution in [1.82, 2.24) is 9.88 Å². The van der Waals surface area contributed by atoms with E-state index in [9.17, 15) is 0 Å². The van der Waals surface area contributed by atoms with Gasteiger partial charge in [-0.05, 0) is 116 Å². The molecular weight excluding hydrogens is 468 g/mol. The average molecular weight is 509 g/mol. The predicted molar refractivity (Wildman–Crippen MR) is 149 cm³/mol. The van der Waals surface area contributed by atoms with E-state index in [-0.39, 0.29) is 16.6 Å². The Balaban J connectivity index is 1.03. The minimum atomic E-state index is -0.0699. The minimum Gasteiger partial charge on any atom is -0.380 e. The van der Waals surface area contributed by atoms with Crippen LogP contribution in [-0.4, -0.2) is 53.4 Å². The van der Waals surface area contributed by atoms with Gasteiger partial charge in [0, 0.05) is 35.8 Å². The Morgan fingerprint density at radius 3 is 2.84 bits per heavy atom. The lowest BCUT2D eigenvalue weighted by molar-refractivity contribution is -0.142. The molecule has 1 aromatic carbocycles. The van der Waals surface area contributed by atoms with Crippen molar-refractivity contribution in [2.75, 3.05) is 26.3 Å². The molecule has 4 aliphatic heterocycles. The second-order valence-corrected chi connectivity index (χ2v) is 14.3. The zero-order valence-corrected chi connectivity index (χ0v) is 22.8. The molecule has 2 bridgehead atoms. The average Bonchev–Trinajstić information content (AvgIpc) is 3.61. The molecule has 0 radical (unpaired) electrons. The first-order valence-corrected chi connectivity index (χ1v) is 15.3. The molecule has 3 spiro atoms. The first kappa shape index (κ1) is 22.8. The number of hydrogen-bond acceptors (Lipinski definition) is 4. The first-order valence-electron chi connectivity index (χ1n) is 15.3. The Kier molecular flexibility index (Phi) is 4.55. The van der Waals surface area contributed by atoms with Crippen molar-refractivity contribution in [3.63, 3.8) is 0 Å². The van der Waals surface area contributed by atoms with E-state index in [0.29, 0.717) is 23.3 Å². The largest absolute Gasteiger partial charge is 0.380 e. The van der Waals surface area contributed by atoms with Gasteiger partial charge in [-0.15, -0.1) is 0 Å². The number of hydrogen-bond donors (Lipinski definition) is 0. The molecule has 4 heteroatoms. The first-order chi connectivity index (χ1) is 18.5. The zero-order valence-electron chi connectivity index (χ0n) is 22.8. The number of likely N-dealkylation sites (tertiary alicyclic amines) is 1. The van der Waals surface area contributed by atoms with Crippen molar-refractivity contribution < 1.29 is 9.47 Å². The van der Waals surface area contributed by atoms with E-state index < -0.39 is 0 Å². The van der Waals surface area contributed by atoms with Crippen molar-refractivity contribution in [3.05, 3.63) is 65.5 Å². The Morgan fingerprint density at radius 2 is 1.97 bits per heavy atom. The van der Waals surface area contributed by atoms with Crippen LogP contribution in [0.15, 0.2) is 60.0 Å². The smallest absolute Gasteiger partial charge is 0.0974 e. The molecule has 5 heterocycles. The molecule has 3 aliphatic carbocycles. The number of ether oxygens (including phenoxy) is 2. The van der Waals surface area contributed by atoms with Crippen LogP contribution in [-0.2, 0) is 9.47 Å². The van der Waals surface area contributed by atoms with Gasteiger partial charge in [-0.2, -0.15) is 0 Å². The van der Waals surface area contributed by atoms with Gasteiger partial charge in [0.2, 0.25) is 0 Å². The third kappa shape index (κ3) is 2.90. The van der Waals surface area contributed by atoms with Crippen molar-refractivity contribution >= 4 is 10.8 Å². The van der Waals surface area contributed by atoms with Gasteiger partial charge in [-0.3, -0.25) is 9.88 Å². The normalized spacial score (nSPS) is 42.8. The van der Waals surface area contributed by atoms with Gasteiger partial charge in [0.25, 0.3) is 0 Å². The summed E-state index contributed by atoms with van der Waals surface area (Å²) in [7, 11) is 0. The monoisotopic (exact) mass is 508 g/mol. The summed E-state index contributed by atoms with van der Waals surface area (Å²) in [6.45, 7) is 7.05. The quantitative estimate of drug-likeness (QED) is 0.460. The number of aromatic nitrogens is 1. The van der Waals surface area contributed by atoms with E-state index in [1.165, 1.54) is 92.8 Å². The van der Waals surface area contributed by atoms with Crippen LogP contribution in [0.5, 0.6) is 0 Å². The van der Waals surface area contributed by atoms with Crippen molar-refractivity contribution in [3.8, 4) is 0 Å². The van der Waals surface area contributed by atoms with Crippen molar-refractivity contribution in [2.45, 2.75) is 87.9 Å². The van der Waals surface area contributed by atoms with Crippen LogP contribution in [0.1, 0.15) is 76.2 Å². The standard InChI is InChI=1S/C34H40N2O2/c1-31-10-8-27-17-26-4-5-28(36-15-13-32(20-36)21-37-22-32)18-33(26)11-12-34(27,38-33)30(31)7-6-29(31)24-3-2-23-9-14-35-19-25(23)16-24/h2-3,8-9,14,16-17,19,28-30H,4-7,10-13,15,18,20-22H2,1H3/t28?,29-,30-,31-,33-,34-/m1/s1. The van der Waals surface area contributed by atoms with E-state index in [0.717, 1.165) is 13.2 Å². The molecule has 9 rings (SSSR count). The zero-order chi connectivity index (χ0) is 25.2. The van der Waals surface area contributed by atoms with Gasteiger partial charge >= 0.3 is 0 Å². The summed E-state index contributed by atoms with van der Waals surface area (Å²) in [5.41, 5.74) is 5.29. The highest BCUT2D eigenvalue weighted by atomic mass is 16.5. The topological polar surface area (TPSA) is 34.6 Å². The van der Waals surface area contributed by atoms with Crippen LogP contribution < -0.4 is 0 Å². The lowest BCUT2D eigenvalue weighted by Gasteiger charge is -2.55. The second kappa shape index (κ2) is 7.59. The maximum atomic E-state index is 7.60. The number of rotatable bonds is 2. The lowest BCUT2D eigenvalue weighted by atomic mass is 9.58. The molecule has 1 aromatic heterocycles. The van der Waals surface area contributed by atoms with Crippen molar-refractivity contribution in [1.29, 1.82) is 0 Å². The molecule has 2 saturated carbocycles. The Morgan fingerprint density at radius 1 is 1.03 bits per heavy atom. The molecule has 6 atom stereocenters. The number of fused-ring (bicyclic) bond motifs is 2. The van der Waals surface area contributed by atoms with E-state index in [2.05, 4.69) is 53.2 Å². The number of allylic oxidation sites excluding steroid dienone is 1. The van der Waals surface area contributed by atoms with Gasteiger partial charge in [0.15, 0.2) is 0 Å². The second-order valence-electron chi connectivity index (χ2n) is 14.3. The van der Waals surface area contributed by atoms with Gasteiger partial charge < -0.3 is 9.47 Å². The molecule has 5 fully saturated rings. The van der Waals surface area contributed by atoms with Crippen LogP contribution in [0.4, 0.5) is 0 Å². The predicted octanol–water partition coefficient (Wildman–Crippen LogP) is 6.57. The molecule has 1 unspecified atom stereocenters. The maximum absolute atomic E-state index is 7.60. The minimum absolute atomic E-state index is 0.0168. The Hall–Kier alpha value is -2.01. The molecule has 3 saturated heterocycles. The van der Waals surface area contributed by atoms with Crippen LogP contribution in [0.2, 0.25) is 0 Å². The third-order valence-electron chi connectivity index (χ3n) is 12.5. The summed E-state index contributed by atoms with van der Waals surface area (Å²) in [6.07, 6.45) is 20.4. The molecule has 7 aliphatic rings. The highest BCUT2D eigenvalue weighted by molar-refractivity contribution is 5.82. The maximum Gasteiger partial charge on any atom is 0.0974 e. The SMILES string of the molecule is C[C@]12CC=C3C=C4CCC(N5CCC6(COC6)C5)C[C@]45CC[C@]3(O5)[C@@H]1CC[C@@H]2c1ccc2ccncc2c1. The van der Waals surface area contributed by atoms with Gasteiger partial charge in [-0.1, -0.05) is 31.2 Å². The van der Waals surface area contributed by atoms with Crippen molar-refractivity contribution in [2.24, 2.45) is 16.7 Å². The molecule has 38 heavy (non-hydrogen) atoms.